The van der Waals surface area contributed by atoms with Crippen LogP contribution in [0.15, 0.2) is 70.6 Å². The highest BCUT2D eigenvalue weighted by Crippen LogP contribution is 2.20. The quantitative estimate of drug-likeness (QED) is 0.555. The van der Waals surface area contributed by atoms with E-state index in [0.29, 0.717) is 0 Å². The Morgan fingerprint density at radius 3 is 1.48 bits per heavy atom. The van der Waals surface area contributed by atoms with Crippen LogP contribution in [0.25, 0.3) is 0 Å². The number of hydrogen-bond acceptors (Lipinski definition) is 5. The van der Waals surface area contributed by atoms with Crippen molar-refractivity contribution in [2.24, 2.45) is 9.98 Å². The molecule has 0 fully saturated rings. The van der Waals surface area contributed by atoms with Crippen molar-refractivity contribution in [3.05, 3.63) is 71.8 Å². The molecule has 0 aliphatic rings. The molecule has 2 unspecified atom stereocenters. The highest BCUT2D eigenvalue weighted by atomic mass is 16.5. The van der Waals surface area contributed by atoms with E-state index in [4.69, 9.17) is 4.74 Å². The van der Waals surface area contributed by atoms with E-state index in [1.807, 2.05) is 60.7 Å². The number of aliphatic imine (C=N–C) groups is 2. The van der Waals surface area contributed by atoms with Crippen molar-refractivity contribution in [3.63, 3.8) is 0 Å². The summed E-state index contributed by atoms with van der Waals surface area (Å²) in [6.07, 6.45) is 3.14. The van der Waals surface area contributed by atoms with E-state index in [1.165, 1.54) is 0 Å². The van der Waals surface area contributed by atoms with Gasteiger partial charge in [-0.2, -0.15) is 9.98 Å². The lowest BCUT2D eigenvalue weighted by Gasteiger charge is -2.15. The molecule has 0 radical (unpaired) electrons. The molecule has 0 aromatic heterocycles. The van der Waals surface area contributed by atoms with Crippen molar-refractivity contribution in [3.8, 4) is 0 Å². The standard InChI is InChI=1S/C18H16N2O3/c21-13-19-17(15-7-3-1-4-8-15)11-23-12-18(20-14-22)16-9-5-2-6-10-16/h1-10,17-18H,11-12H2. The molecule has 0 heterocycles. The molecule has 116 valence electrons. The van der Waals surface area contributed by atoms with Gasteiger partial charge < -0.3 is 4.74 Å². The first kappa shape index (κ1) is 16.5. The highest BCUT2D eigenvalue weighted by Gasteiger charge is 2.14. The van der Waals surface area contributed by atoms with E-state index in [0.717, 1.165) is 11.1 Å². The third-order valence-corrected chi connectivity index (χ3v) is 3.34. The normalized spacial score (nSPS) is 12.5. The molecule has 2 rings (SSSR count). The number of benzene rings is 2. The topological polar surface area (TPSA) is 68.1 Å². The first-order chi connectivity index (χ1) is 11.3. The van der Waals surface area contributed by atoms with Gasteiger partial charge in [-0.3, -0.25) is 0 Å². The van der Waals surface area contributed by atoms with Gasteiger partial charge >= 0.3 is 0 Å². The second kappa shape index (κ2) is 9.23. The summed E-state index contributed by atoms with van der Waals surface area (Å²) in [6.45, 7) is 0.411. The summed E-state index contributed by atoms with van der Waals surface area (Å²) < 4.78 is 5.63. The molecule has 0 N–H and O–H groups in total. The van der Waals surface area contributed by atoms with Gasteiger partial charge in [0.1, 0.15) is 12.1 Å². The van der Waals surface area contributed by atoms with Crippen molar-refractivity contribution in [2.45, 2.75) is 12.1 Å². The van der Waals surface area contributed by atoms with Crippen molar-refractivity contribution in [2.75, 3.05) is 13.2 Å². The van der Waals surface area contributed by atoms with E-state index in [1.54, 1.807) is 12.2 Å². The van der Waals surface area contributed by atoms with Gasteiger partial charge in [-0.05, 0) is 11.1 Å². The van der Waals surface area contributed by atoms with Crippen LogP contribution >= 0.6 is 0 Å². The zero-order valence-electron chi connectivity index (χ0n) is 12.5. The molecule has 5 nitrogen and oxygen atoms in total. The molecule has 0 amide bonds. The number of rotatable bonds is 8. The minimum atomic E-state index is -0.426. The minimum Gasteiger partial charge on any atom is -0.376 e. The third kappa shape index (κ3) is 5.13. The average molecular weight is 308 g/mol. The lowest BCUT2D eigenvalue weighted by Crippen LogP contribution is -2.11. The average Bonchev–Trinajstić information content (AvgIpc) is 2.61. The van der Waals surface area contributed by atoms with Crippen LogP contribution in [0.1, 0.15) is 23.2 Å². The predicted molar refractivity (Wildman–Crippen MR) is 85.4 cm³/mol. The van der Waals surface area contributed by atoms with Gasteiger partial charge in [0, 0.05) is 0 Å². The number of ether oxygens (including phenoxy) is 1. The van der Waals surface area contributed by atoms with E-state index in [2.05, 4.69) is 9.98 Å². The van der Waals surface area contributed by atoms with Crippen molar-refractivity contribution in [1.82, 2.24) is 0 Å². The maximum atomic E-state index is 10.6. The van der Waals surface area contributed by atoms with Crippen LogP contribution in [-0.2, 0) is 14.3 Å². The van der Waals surface area contributed by atoms with Crippen LogP contribution in [0.5, 0.6) is 0 Å². The van der Waals surface area contributed by atoms with Crippen LogP contribution in [0.2, 0.25) is 0 Å². The first-order valence-corrected chi connectivity index (χ1v) is 7.16. The molecule has 23 heavy (non-hydrogen) atoms. The van der Waals surface area contributed by atoms with Crippen molar-refractivity contribution >= 4 is 12.2 Å². The van der Waals surface area contributed by atoms with E-state index in [-0.39, 0.29) is 13.2 Å². The Labute approximate surface area is 134 Å². The highest BCUT2D eigenvalue weighted by molar-refractivity contribution is 5.36. The Kier molecular flexibility index (Phi) is 6.64. The summed E-state index contributed by atoms with van der Waals surface area (Å²) in [4.78, 5) is 28.7. The van der Waals surface area contributed by atoms with Gasteiger partial charge in [-0.25, -0.2) is 9.59 Å². The number of carbonyl (C=O) groups excluding carboxylic acids is 2. The SMILES string of the molecule is O=C=NC(COCC(N=C=O)c1ccccc1)c1ccccc1. The smallest absolute Gasteiger partial charge is 0.235 e. The fourth-order valence-electron chi connectivity index (χ4n) is 2.18. The van der Waals surface area contributed by atoms with Gasteiger partial charge in [0.05, 0.1) is 13.2 Å². The third-order valence-electron chi connectivity index (χ3n) is 3.34. The fourth-order valence-corrected chi connectivity index (χ4v) is 2.18. The summed E-state index contributed by atoms with van der Waals surface area (Å²) in [7, 11) is 0. The summed E-state index contributed by atoms with van der Waals surface area (Å²) in [5, 5.41) is 0. The molecular weight excluding hydrogens is 292 g/mol. The second-order valence-corrected chi connectivity index (χ2v) is 4.83. The van der Waals surface area contributed by atoms with Gasteiger partial charge in [0.25, 0.3) is 0 Å². The number of hydrogen-bond donors (Lipinski definition) is 0. The molecule has 2 atom stereocenters. The molecule has 2 aromatic rings. The Morgan fingerprint density at radius 1 is 0.739 bits per heavy atom. The number of isocyanates is 2. The molecule has 0 saturated carbocycles. The molecular formula is C18H16N2O3. The molecule has 0 saturated heterocycles. The molecule has 0 aliphatic heterocycles. The van der Waals surface area contributed by atoms with Crippen LogP contribution in [-0.4, -0.2) is 25.4 Å². The Hall–Kier alpha value is -2.84. The van der Waals surface area contributed by atoms with Crippen LogP contribution in [0, 0.1) is 0 Å². The number of nitrogens with zero attached hydrogens (tertiary/aromatic N) is 2. The lowest BCUT2D eigenvalue weighted by molar-refractivity contribution is 0.109. The minimum absolute atomic E-state index is 0.205. The maximum absolute atomic E-state index is 10.6. The van der Waals surface area contributed by atoms with Crippen LogP contribution in [0.3, 0.4) is 0 Å². The van der Waals surface area contributed by atoms with E-state index in [9.17, 15) is 9.59 Å². The largest absolute Gasteiger partial charge is 0.376 e. The van der Waals surface area contributed by atoms with Gasteiger partial charge in [0.2, 0.25) is 12.2 Å². The van der Waals surface area contributed by atoms with E-state index < -0.39 is 12.1 Å². The molecule has 5 heteroatoms. The van der Waals surface area contributed by atoms with Crippen molar-refractivity contribution < 1.29 is 14.3 Å². The Bertz CT molecular complexity index is 629. The summed E-state index contributed by atoms with van der Waals surface area (Å²) in [5.41, 5.74) is 1.73. The van der Waals surface area contributed by atoms with Gasteiger partial charge in [-0.1, -0.05) is 60.7 Å². The maximum Gasteiger partial charge on any atom is 0.235 e. The van der Waals surface area contributed by atoms with E-state index >= 15 is 0 Å². The summed E-state index contributed by atoms with van der Waals surface area (Å²) in [6, 6.07) is 17.9. The fraction of sp³-hybridized carbons (Fsp3) is 0.222. The molecule has 0 aliphatic carbocycles. The lowest BCUT2D eigenvalue weighted by atomic mass is 10.1. The molecule has 0 bridgehead atoms. The Balaban J connectivity index is 2.00. The van der Waals surface area contributed by atoms with Crippen LogP contribution < -0.4 is 0 Å². The summed E-state index contributed by atoms with van der Waals surface area (Å²) in [5.74, 6) is 0. The van der Waals surface area contributed by atoms with Gasteiger partial charge in [0.15, 0.2) is 0 Å². The van der Waals surface area contributed by atoms with Crippen molar-refractivity contribution in [1.29, 1.82) is 0 Å². The first-order valence-electron chi connectivity index (χ1n) is 7.16. The zero-order valence-corrected chi connectivity index (χ0v) is 12.5. The zero-order chi connectivity index (χ0) is 16.3. The summed E-state index contributed by atoms with van der Waals surface area (Å²) >= 11 is 0. The predicted octanol–water partition coefficient (Wildman–Crippen LogP) is 3.16. The van der Waals surface area contributed by atoms with Gasteiger partial charge in [-0.15, -0.1) is 0 Å². The van der Waals surface area contributed by atoms with Crippen LogP contribution in [0.4, 0.5) is 0 Å². The molecule has 0 spiro atoms. The second-order valence-electron chi connectivity index (χ2n) is 4.83. The Morgan fingerprint density at radius 2 is 1.13 bits per heavy atom. The monoisotopic (exact) mass is 308 g/mol. The molecule has 2 aromatic carbocycles.